The Morgan fingerprint density at radius 3 is 1.55 bits per heavy atom. The highest BCUT2D eigenvalue weighted by molar-refractivity contribution is 6.09. The molecule has 31 heavy (non-hydrogen) atoms. The van der Waals surface area contributed by atoms with E-state index < -0.39 is 23.7 Å². The molecule has 2 heterocycles. The average Bonchev–Trinajstić information content (AvgIpc) is 3.14. The maximum atomic E-state index is 13.2. The van der Waals surface area contributed by atoms with Crippen LogP contribution in [0.3, 0.4) is 0 Å². The van der Waals surface area contributed by atoms with Gasteiger partial charge in [0.15, 0.2) is 0 Å². The summed E-state index contributed by atoms with van der Waals surface area (Å²) in [5.41, 5.74) is 0. The predicted octanol–water partition coefficient (Wildman–Crippen LogP) is 3.39. The third kappa shape index (κ3) is 3.54. The van der Waals surface area contributed by atoms with E-state index in [9.17, 15) is 19.2 Å². The van der Waals surface area contributed by atoms with Crippen LogP contribution in [0.4, 0.5) is 0 Å². The van der Waals surface area contributed by atoms with Gasteiger partial charge in [0.05, 0.1) is 23.7 Å². The molecule has 5 aliphatic rings. The molecule has 3 aliphatic carbocycles. The van der Waals surface area contributed by atoms with Gasteiger partial charge in [-0.15, -0.1) is 0 Å². The SMILES string of the molecule is CC1CCC(CC2CCC(N3C(=O)C4CC5C(=O)N(C)C(=O)C5CC4C3=O)CC2)CC1. The van der Waals surface area contributed by atoms with Crippen molar-refractivity contribution in [3.63, 3.8) is 0 Å². The van der Waals surface area contributed by atoms with Gasteiger partial charge in [-0.1, -0.05) is 32.6 Å². The van der Waals surface area contributed by atoms with E-state index in [2.05, 4.69) is 6.92 Å². The molecule has 0 radical (unpaired) electrons. The molecule has 5 fully saturated rings. The number of fused-ring (bicyclic) bond motifs is 2. The maximum Gasteiger partial charge on any atom is 0.233 e. The van der Waals surface area contributed by atoms with Crippen molar-refractivity contribution in [1.82, 2.24) is 9.80 Å². The summed E-state index contributed by atoms with van der Waals surface area (Å²) in [4.78, 5) is 54.1. The lowest BCUT2D eigenvalue weighted by atomic mass is 9.70. The quantitative estimate of drug-likeness (QED) is 0.646. The summed E-state index contributed by atoms with van der Waals surface area (Å²) in [6, 6.07) is 0.0159. The van der Waals surface area contributed by atoms with E-state index in [0.717, 1.165) is 43.4 Å². The number of rotatable bonds is 3. The normalized spacial score (nSPS) is 43.4. The molecule has 4 unspecified atom stereocenters. The Balaban J connectivity index is 1.20. The van der Waals surface area contributed by atoms with Gasteiger partial charge in [-0.3, -0.25) is 29.0 Å². The number of hydrogen-bond acceptors (Lipinski definition) is 4. The van der Waals surface area contributed by atoms with Crippen LogP contribution in [-0.4, -0.2) is 46.5 Å². The highest BCUT2D eigenvalue weighted by Gasteiger charge is 2.59. The Morgan fingerprint density at radius 2 is 1.06 bits per heavy atom. The second-order valence-electron chi connectivity index (χ2n) is 11.2. The maximum absolute atomic E-state index is 13.2. The predicted molar refractivity (Wildman–Crippen MR) is 114 cm³/mol. The topological polar surface area (TPSA) is 74.8 Å². The summed E-state index contributed by atoms with van der Waals surface area (Å²) < 4.78 is 0. The van der Waals surface area contributed by atoms with Crippen molar-refractivity contribution in [2.24, 2.45) is 41.4 Å². The number of carbonyl (C=O) groups is 4. The molecule has 0 spiro atoms. The van der Waals surface area contributed by atoms with E-state index in [1.165, 1.54) is 44.1 Å². The molecule has 3 saturated carbocycles. The van der Waals surface area contributed by atoms with Crippen LogP contribution in [0.1, 0.15) is 77.6 Å². The van der Waals surface area contributed by atoms with E-state index >= 15 is 0 Å². The van der Waals surface area contributed by atoms with Crippen LogP contribution in [0.15, 0.2) is 0 Å². The Hall–Kier alpha value is -1.72. The molecule has 4 atom stereocenters. The Morgan fingerprint density at radius 1 is 0.645 bits per heavy atom. The molecule has 0 aromatic carbocycles. The zero-order chi connectivity index (χ0) is 21.9. The molecule has 6 heteroatoms. The van der Waals surface area contributed by atoms with E-state index in [1.807, 2.05) is 0 Å². The molecule has 0 aromatic heterocycles. The molecule has 0 bridgehead atoms. The summed E-state index contributed by atoms with van der Waals surface area (Å²) in [5.74, 6) is 0.341. The van der Waals surface area contributed by atoms with E-state index in [4.69, 9.17) is 0 Å². The van der Waals surface area contributed by atoms with Gasteiger partial charge in [0.1, 0.15) is 0 Å². The number of carbonyl (C=O) groups excluding carboxylic acids is 4. The number of nitrogens with zero attached hydrogens (tertiary/aromatic N) is 2. The van der Waals surface area contributed by atoms with Gasteiger partial charge in [0, 0.05) is 13.1 Å². The molecule has 2 saturated heterocycles. The van der Waals surface area contributed by atoms with E-state index in [1.54, 1.807) is 4.90 Å². The van der Waals surface area contributed by atoms with Crippen LogP contribution >= 0.6 is 0 Å². The minimum Gasteiger partial charge on any atom is -0.285 e. The number of amides is 4. The van der Waals surface area contributed by atoms with Gasteiger partial charge >= 0.3 is 0 Å². The summed E-state index contributed by atoms with van der Waals surface area (Å²) >= 11 is 0. The van der Waals surface area contributed by atoms with E-state index in [-0.39, 0.29) is 29.7 Å². The molecule has 2 aliphatic heterocycles. The molecule has 4 amide bonds. The first-order valence-corrected chi connectivity index (χ1v) is 12.5. The van der Waals surface area contributed by atoms with Crippen molar-refractivity contribution in [2.75, 3.05) is 7.05 Å². The second-order valence-corrected chi connectivity index (χ2v) is 11.2. The summed E-state index contributed by atoms with van der Waals surface area (Å²) in [5, 5.41) is 0. The van der Waals surface area contributed by atoms with Crippen molar-refractivity contribution >= 4 is 23.6 Å². The third-order valence-corrected chi connectivity index (χ3v) is 9.38. The number of imide groups is 2. The largest absolute Gasteiger partial charge is 0.285 e. The monoisotopic (exact) mass is 428 g/mol. The Labute approximate surface area is 185 Å². The standard InChI is InChI=1S/C25H36N2O4/c1-14-3-5-15(6-4-14)11-16-7-9-17(10-8-16)27-24(30)20-12-18-19(13-21(20)25(27)31)23(29)26(2)22(18)28/h14-21H,3-13H2,1-2H3. The van der Waals surface area contributed by atoms with Crippen molar-refractivity contribution in [3.8, 4) is 0 Å². The fourth-order valence-electron chi connectivity index (χ4n) is 7.40. The smallest absolute Gasteiger partial charge is 0.233 e. The summed E-state index contributed by atoms with van der Waals surface area (Å²) in [6.45, 7) is 2.36. The van der Waals surface area contributed by atoms with E-state index in [0.29, 0.717) is 12.8 Å². The van der Waals surface area contributed by atoms with Gasteiger partial charge in [0.2, 0.25) is 23.6 Å². The van der Waals surface area contributed by atoms with Gasteiger partial charge < -0.3 is 0 Å². The molecular weight excluding hydrogens is 392 g/mol. The molecule has 170 valence electrons. The van der Waals surface area contributed by atoms with Crippen molar-refractivity contribution in [3.05, 3.63) is 0 Å². The molecule has 6 nitrogen and oxygen atoms in total. The van der Waals surface area contributed by atoms with Crippen LogP contribution in [0, 0.1) is 41.4 Å². The molecule has 0 N–H and O–H groups in total. The average molecular weight is 429 g/mol. The van der Waals surface area contributed by atoms with Crippen molar-refractivity contribution in [1.29, 1.82) is 0 Å². The number of hydrogen-bond donors (Lipinski definition) is 0. The minimum atomic E-state index is -0.413. The van der Waals surface area contributed by atoms with Gasteiger partial charge in [-0.05, 0) is 62.7 Å². The first-order chi connectivity index (χ1) is 14.8. The Bertz CT molecular complexity index is 736. The van der Waals surface area contributed by atoms with Crippen molar-refractivity contribution in [2.45, 2.75) is 83.6 Å². The fraction of sp³-hybridized carbons (Fsp3) is 0.840. The lowest BCUT2D eigenvalue weighted by Crippen LogP contribution is -2.43. The molecule has 0 aromatic rings. The van der Waals surface area contributed by atoms with Crippen LogP contribution < -0.4 is 0 Å². The Kier molecular flexibility index (Phi) is 5.46. The minimum absolute atomic E-state index is 0.0159. The van der Waals surface area contributed by atoms with Crippen LogP contribution in [0.25, 0.3) is 0 Å². The first kappa shape index (κ1) is 21.1. The summed E-state index contributed by atoms with van der Waals surface area (Å²) in [7, 11) is 1.51. The second kappa shape index (κ2) is 8.00. The zero-order valence-corrected chi connectivity index (χ0v) is 18.9. The highest BCUT2D eigenvalue weighted by atomic mass is 16.2. The van der Waals surface area contributed by atoms with Crippen LogP contribution in [-0.2, 0) is 19.2 Å². The highest BCUT2D eigenvalue weighted by Crippen LogP contribution is 2.49. The molecule has 5 rings (SSSR count). The van der Waals surface area contributed by atoms with Gasteiger partial charge in [-0.25, -0.2) is 0 Å². The van der Waals surface area contributed by atoms with Crippen LogP contribution in [0.2, 0.25) is 0 Å². The summed E-state index contributed by atoms with van der Waals surface area (Å²) in [6.07, 6.45) is 11.5. The lowest BCUT2D eigenvalue weighted by Gasteiger charge is -2.36. The van der Waals surface area contributed by atoms with Crippen LogP contribution in [0.5, 0.6) is 0 Å². The molecular formula is C25H36N2O4. The lowest BCUT2D eigenvalue weighted by molar-refractivity contribution is -0.143. The third-order valence-electron chi connectivity index (χ3n) is 9.38. The number of likely N-dealkylation sites (tertiary alicyclic amines) is 2. The van der Waals surface area contributed by atoms with Crippen molar-refractivity contribution < 1.29 is 19.2 Å². The van der Waals surface area contributed by atoms with Gasteiger partial charge in [-0.2, -0.15) is 0 Å². The zero-order valence-electron chi connectivity index (χ0n) is 18.9. The first-order valence-electron chi connectivity index (χ1n) is 12.5. The fourth-order valence-corrected chi connectivity index (χ4v) is 7.40. The van der Waals surface area contributed by atoms with Gasteiger partial charge in [0.25, 0.3) is 0 Å².